The molecule has 0 bridgehead atoms. The zero-order chi connectivity index (χ0) is 13.9. The molecule has 0 saturated carbocycles. The predicted octanol–water partition coefficient (Wildman–Crippen LogP) is 2.94. The molecule has 1 unspecified atom stereocenters. The summed E-state index contributed by atoms with van der Waals surface area (Å²) in [7, 11) is 0. The number of hydrogen-bond acceptors (Lipinski definition) is 7. The van der Waals surface area contributed by atoms with E-state index in [1.807, 2.05) is 0 Å². The van der Waals surface area contributed by atoms with Gasteiger partial charge in [0, 0.05) is 29.0 Å². The fourth-order valence-electron chi connectivity index (χ4n) is 1.23. The van der Waals surface area contributed by atoms with Crippen molar-refractivity contribution in [2.24, 2.45) is 0 Å². The molecule has 1 aliphatic heterocycles. The van der Waals surface area contributed by atoms with Gasteiger partial charge in [0.2, 0.25) is 11.0 Å². The van der Waals surface area contributed by atoms with Crippen molar-refractivity contribution in [1.29, 1.82) is 0 Å². The van der Waals surface area contributed by atoms with E-state index < -0.39 is 5.51 Å². The Morgan fingerprint density at radius 2 is 2.16 bits per heavy atom. The van der Waals surface area contributed by atoms with Crippen molar-refractivity contribution in [2.75, 3.05) is 22.6 Å². The van der Waals surface area contributed by atoms with Crippen LogP contribution in [0.1, 0.15) is 0 Å². The number of rotatable bonds is 3. The van der Waals surface area contributed by atoms with Gasteiger partial charge >= 0.3 is 5.51 Å². The van der Waals surface area contributed by atoms with Crippen LogP contribution in [0.4, 0.5) is 18.3 Å². The average Bonchev–Trinajstić information content (AvgIpc) is 2.75. The third-order valence-electron chi connectivity index (χ3n) is 1.95. The largest absolute Gasteiger partial charge is 0.448 e. The lowest BCUT2D eigenvalue weighted by Gasteiger charge is -2.19. The Hall–Kier alpha value is -0.130. The minimum absolute atomic E-state index is 0.105. The normalized spacial score (nSPS) is 20.3. The highest BCUT2D eigenvalue weighted by molar-refractivity contribution is 8.07. The molecule has 106 valence electrons. The number of carbonyl (C=O) groups is 1. The van der Waals surface area contributed by atoms with Gasteiger partial charge in [-0.05, 0) is 0 Å². The molecule has 2 rings (SSSR count). The lowest BCUT2D eigenvalue weighted by atomic mass is 10.4. The lowest BCUT2D eigenvalue weighted by Crippen LogP contribution is -2.30. The monoisotopic (exact) mass is 347 g/mol. The number of amides is 1. The fraction of sp³-hybridized carbons (Fsp3) is 0.625. The topological polar surface area (TPSA) is 54.9 Å². The van der Waals surface area contributed by atoms with Gasteiger partial charge in [-0.2, -0.15) is 24.9 Å². The molecule has 1 aromatic rings. The van der Waals surface area contributed by atoms with Gasteiger partial charge in [0.25, 0.3) is 0 Å². The highest BCUT2D eigenvalue weighted by Crippen LogP contribution is 2.39. The van der Waals surface area contributed by atoms with Crippen LogP contribution < -0.4 is 5.32 Å². The van der Waals surface area contributed by atoms with Gasteiger partial charge in [-0.15, -0.1) is 22.0 Å². The molecule has 0 aromatic carbocycles. The molecule has 1 amide bonds. The summed E-state index contributed by atoms with van der Waals surface area (Å²) >= 11 is 3.63. The van der Waals surface area contributed by atoms with Crippen LogP contribution in [0.5, 0.6) is 0 Å². The van der Waals surface area contributed by atoms with Gasteiger partial charge in [0.15, 0.2) is 4.34 Å². The maximum Gasteiger partial charge on any atom is 0.448 e. The standard InChI is InChI=1S/C8H8F3N3OS4/c9-8(10,11)19-7-14-13-6(18-7)12-5(15)4-3-16-1-2-17-4/h4H,1-3H2,(H,12,13,15). The highest BCUT2D eigenvalue weighted by atomic mass is 32.2. The quantitative estimate of drug-likeness (QED) is 0.670. The minimum Gasteiger partial charge on any atom is -0.300 e. The van der Waals surface area contributed by atoms with Crippen LogP contribution in [-0.2, 0) is 4.79 Å². The molecule has 0 radical (unpaired) electrons. The van der Waals surface area contributed by atoms with E-state index in [1.54, 1.807) is 23.5 Å². The summed E-state index contributed by atoms with van der Waals surface area (Å²) in [5.74, 6) is 2.39. The number of alkyl halides is 3. The predicted molar refractivity (Wildman–Crippen MR) is 74.0 cm³/mol. The Labute approximate surface area is 123 Å². The molecule has 0 spiro atoms. The van der Waals surface area contributed by atoms with Crippen molar-refractivity contribution < 1.29 is 18.0 Å². The first-order valence-electron chi connectivity index (χ1n) is 5.03. The second kappa shape index (κ2) is 6.55. The smallest absolute Gasteiger partial charge is 0.300 e. The molecular weight excluding hydrogens is 339 g/mol. The molecule has 2 heterocycles. The SMILES string of the molecule is O=C(Nc1nnc(SC(F)(F)F)s1)C1CSCCS1. The average molecular weight is 347 g/mol. The van der Waals surface area contributed by atoms with E-state index in [0.717, 1.165) is 22.8 Å². The van der Waals surface area contributed by atoms with Gasteiger partial charge in [0.1, 0.15) is 0 Å². The Morgan fingerprint density at radius 3 is 2.79 bits per heavy atom. The first-order chi connectivity index (χ1) is 8.94. The molecule has 1 saturated heterocycles. The zero-order valence-electron chi connectivity index (χ0n) is 9.27. The maximum atomic E-state index is 12.1. The summed E-state index contributed by atoms with van der Waals surface area (Å²) in [6.07, 6.45) is 0. The number of aromatic nitrogens is 2. The number of hydrogen-bond donors (Lipinski definition) is 1. The number of anilines is 1. The van der Waals surface area contributed by atoms with E-state index in [1.165, 1.54) is 0 Å². The molecule has 1 aromatic heterocycles. The van der Waals surface area contributed by atoms with Crippen LogP contribution in [0, 0.1) is 0 Å². The fourth-order valence-corrected chi connectivity index (χ4v) is 5.23. The third-order valence-corrected chi connectivity index (χ3v) is 6.32. The molecule has 1 atom stereocenters. The van der Waals surface area contributed by atoms with Crippen LogP contribution >= 0.6 is 46.6 Å². The van der Waals surface area contributed by atoms with Gasteiger partial charge in [-0.1, -0.05) is 11.3 Å². The van der Waals surface area contributed by atoms with E-state index in [0.29, 0.717) is 5.75 Å². The van der Waals surface area contributed by atoms with Crippen molar-refractivity contribution in [3.05, 3.63) is 0 Å². The molecule has 1 aliphatic rings. The van der Waals surface area contributed by atoms with E-state index in [9.17, 15) is 18.0 Å². The number of nitrogens with zero attached hydrogens (tertiary/aromatic N) is 2. The summed E-state index contributed by atoms with van der Waals surface area (Å²) in [6.45, 7) is 0. The Balaban J connectivity index is 1.90. The zero-order valence-corrected chi connectivity index (χ0v) is 12.5. The molecule has 4 nitrogen and oxygen atoms in total. The van der Waals surface area contributed by atoms with Gasteiger partial charge in [-0.3, -0.25) is 10.1 Å². The van der Waals surface area contributed by atoms with E-state index in [2.05, 4.69) is 15.5 Å². The second-order valence-corrected chi connectivity index (χ2v) is 8.09. The highest BCUT2D eigenvalue weighted by Gasteiger charge is 2.32. The first-order valence-corrected chi connectivity index (χ1v) is 8.87. The number of halogens is 3. The van der Waals surface area contributed by atoms with Crippen molar-refractivity contribution >= 4 is 57.7 Å². The molecule has 1 N–H and O–H groups in total. The van der Waals surface area contributed by atoms with Crippen molar-refractivity contribution in [3.63, 3.8) is 0 Å². The summed E-state index contributed by atoms with van der Waals surface area (Å²) in [5.41, 5.74) is -4.39. The molecule has 11 heteroatoms. The van der Waals surface area contributed by atoms with Crippen molar-refractivity contribution in [2.45, 2.75) is 15.1 Å². The lowest BCUT2D eigenvalue weighted by molar-refractivity contribution is -0.115. The minimum atomic E-state index is -4.39. The van der Waals surface area contributed by atoms with Crippen molar-refractivity contribution in [1.82, 2.24) is 10.2 Å². The summed E-state index contributed by atoms with van der Waals surface area (Å²) in [4.78, 5) is 11.8. The molecule has 0 aliphatic carbocycles. The first kappa shape index (κ1) is 15.3. The van der Waals surface area contributed by atoms with E-state index in [4.69, 9.17) is 0 Å². The molecule has 19 heavy (non-hydrogen) atoms. The van der Waals surface area contributed by atoms with Gasteiger partial charge in [-0.25, -0.2) is 0 Å². The third kappa shape index (κ3) is 5.04. The Morgan fingerprint density at radius 1 is 1.37 bits per heavy atom. The summed E-state index contributed by atoms with van der Waals surface area (Å²) < 4.78 is 36.1. The van der Waals surface area contributed by atoms with Crippen LogP contribution in [0.15, 0.2) is 4.34 Å². The molecular formula is C8H8F3N3OS4. The Bertz CT molecular complexity index is 447. The van der Waals surface area contributed by atoms with Crippen LogP contribution in [0.2, 0.25) is 0 Å². The summed E-state index contributed by atoms with van der Waals surface area (Å²) in [5, 5.41) is 9.35. The number of nitrogens with one attached hydrogen (secondary N) is 1. The maximum absolute atomic E-state index is 12.1. The summed E-state index contributed by atoms with van der Waals surface area (Å²) in [6, 6.07) is 0. The number of carbonyl (C=O) groups excluding carboxylic acids is 1. The van der Waals surface area contributed by atoms with E-state index >= 15 is 0 Å². The van der Waals surface area contributed by atoms with E-state index in [-0.39, 0.29) is 32.4 Å². The van der Waals surface area contributed by atoms with Gasteiger partial charge < -0.3 is 0 Å². The number of thioether (sulfide) groups is 3. The second-order valence-electron chi connectivity index (χ2n) is 3.34. The van der Waals surface area contributed by atoms with Crippen molar-refractivity contribution in [3.8, 4) is 0 Å². The Kier molecular flexibility index (Phi) is 5.26. The van der Waals surface area contributed by atoms with Gasteiger partial charge in [0.05, 0.1) is 5.25 Å². The van der Waals surface area contributed by atoms with Crippen LogP contribution in [0.25, 0.3) is 0 Å². The van der Waals surface area contributed by atoms with Crippen LogP contribution in [-0.4, -0.2) is 44.1 Å². The molecule has 1 fully saturated rings. The van der Waals surface area contributed by atoms with Crippen LogP contribution in [0.3, 0.4) is 0 Å².